The van der Waals surface area contributed by atoms with Crippen molar-refractivity contribution in [2.45, 2.75) is 38.3 Å². The molecule has 112 valence electrons. The number of hydrogen-bond donors (Lipinski definition) is 2. The maximum Gasteiger partial charge on any atom is 0.0524 e. The van der Waals surface area contributed by atoms with Crippen LogP contribution in [-0.2, 0) is 12.8 Å². The van der Waals surface area contributed by atoms with Crippen LogP contribution >= 0.6 is 0 Å². The van der Waals surface area contributed by atoms with Crippen LogP contribution in [0, 0.1) is 0 Å². The Hall–Kier alpha value is -1.64. The fourth-order valence-electron chi connectivity index (χ4n) is 2.51. The van der Waals surface area contributed by atoms with Gasteiger partial charge in [-0.15, -0.1) is 0 Å². The topological polar surface area (TPSA) is 32.3 Å². The van der Waals surface area contributed by atoms with Crippen LogP contribution in [0.2, 0.25) is 0 Å². The van der Waals surface area contributed by atoms with Crippen LogP contribution in [-0.4, -0.2) is 23.8 Å². The summed E-state index contributed by atoms with van der Waals surface area (Å²) in [6.45, 7) is 2.69. The van der Waals surface area contributed by atoms with E-state index in [1.54, 1.807) is 0 Å². The first-order valence-electron chi connectivity index (χ1n) is 7.73. The second-order valence-corrected chi connectivity index (χ2v) is 5.67. The Kier molecular flexibility index (Phi) is 6.45. The zero-order valence-electron chi connectivity index (χ0n) is 12.7. The minimum absolute atomic E-state index is 0.244. The summed E-state index contributed by atoms with van der Waals surface area (Å²) < 4.78 is 0. The summed E-state index contributed by atoms with van der Waals surface area (Å²) in [4.78, 5) is 0. The summed E-state index contributed by atoms with van der Waals surface area (Å²) in [7, 11) is 0. The molecule has 0 radical (unpaired) electrons. The van der Waals surface area contributed by atoms with Gasteiger partial charge in [0, 0.05) is 6.04 Å². The van der Waals surface area contributed by atoms with E-state index in [0.717, 1.165) is 25.8 Å². The van der Waals surface area contributed by atoms with Gasteiger partial charge in [-0.3, -0.25) is 0 Å². The maximum atomic E-state index is 9.40. The van der Waals surface area contributed by atoms with Gasteiger partial charge in [-0.05, 0) is 43.9 Å². The Labute approximate surface area is 127 Å². The number of aliphatic hydroxyl groups is 1. The first kappa shape index (κ1) is 15.7. The third kappa shape index (κ3) is 6.11. The van der Waals surface area contributed by atoms with Gasteiger partial charge >= 0.3 is 0 Å². The third-order valence-corrected chi connectivity index (χ3v) is 3.64. The minimum Gasteiger partial charge on any atom is -0.393 e. The second kappa shape index (κ2) is 8.60. The van der Waals surface area contributed by atoms with Crippen LogP contribution in [0.15, 0.2) is 60.7 Å². The number of rotatable bonds is 8. The molecule has 2 nitrogen and oxygen atoms in total. The second-order valence-electron chi connectivity index (χ2n) is 5.67. The highest BCUT2D eigenvalue weighted by atomic mass is 16.3. The van der Waals surface area contributed by atoms with Gasteiger partial charge in [0.05, 0.1) is 6.10 Å². The molecule has 2 heteroatoms. The van der Waals surface area contributed by atoms with Crippen LogP contribution in [0.25, 0.3) is 0 Å². The van der Waals surface area contributed by atoms with E-state index >= 15 is 0 Å². The predicted octanol–water partition coefficient (Wildman–Crippen LogP) is 3.20. The highest BCUT2D eigenvalue weighted by Crippen LogP contribution is 2.09. The molecular formula is C19H25NO. The van der Waals surface area contributed by atoms with Gasteiger partial charge in [0.2, 0.25) is 0 Å². The van der Waals surface area contributed by atoms with Crippen molar-refractivity contribution in [3.63, 3.8) is 0 Å². The first-order chi connectivity index (χ1) is 10.2. The maximum absolute atomic E-state index is 9.40. The molecule has 0 fully saturated rings. The van der Waals surface area contributed by atoms with E-state index in [9.17, 15) is 5.11 Å². The molecule has 2 N–H and O–H groups in total. The lowest BCUT2D eigenvalue weighted by molar-refractivity contribution is 0.182. The molecule has 2 aromatic carbocycles. The van der Waals surface area contributed by atoms with Crippen molar-refractivity contribution in [2.24, 2.45) is 0 Å². The smallest absolute Gasteiger partial charge is 0.0524 e. The molecule has 21 heavy (non-hydrogen) atoms. The van der Waals surface area contributed by atoms with Crippen molar-refractivity contribution < 1.29 is 5.11 Å². The highest BCUT2D eigenvalue weighted by molar-refractivity contribution is 5.19. The minimum atomic E-state index is -0.244. The van der Waals surface area contributed by atoms with E-state index in [-0.39, 0.29) is 6.10 Å². The van der Waals surface area contributed by atoms with Crippen molar-refractivity contribution in [3.8, 4) is 0 Å². The van der Waals surface area contributed by atoms with Gasteiger partial charge < -0.3 is 10.4 Å². The van der Waals surface area contributed by atoms with Crippen LogP contribution in [0.4, 0.5) is 0 Å². The number of nitrogens with one attached hydrogen (secondary N) is 1. The monoisotopic (exact) mass is 283 g/mol. The molecule has 0 spiro atoms. The van der Waals surface area contributed by atoms with Crippen LogP contribution in [0.1, 0.15) is 24.5 Å². The lowest BCUT2D eigenvalue weighted by Crippen LogP contribution is -2.35. The van der Waals surface area contributed by atoms with Crippen molar-refractivity contribution in [3.05, 3.63) is 71.8 Å². The standard InChI is InChI=1S/C19H25NO/c1-16(21)12-13-20-19(14-17-8-4-2-5-9-17)15-18-10-6-3-7-11-18/h2-11,16,19-21H,12-15H2,1H3. The Balaban J connectivity index is 1.96. The number of benzene rings is 2. The van der Waals surface area contributed by atoms with E-state index in [1.807, 2.05) is 6.92 Å². The van der Waals surface area contributed by atoms with Crippen molar-refractivity contribution in [1.82, 2.24) is 5.32 Å². The average molecular weight is 283 g/mol. The molecule has 0 aliphatic rings. The van der Waals surface area contributed by atoms with E-state index in [0.29, 0.717) is 6.04 Å². The summed E-state index contributed by atoms with van der Waals surface area (Å²) in [5.41, 5.74) is 2.70. The molecule has 0 amide bonds. The van der Waals surface area contributed by atoms with E-state index in [4.69, 9.17) is 0 Å². The van der Waals surface area contributed by atoms with E-state index in [2.05, 4.69) is 66.0 Å². The molecule has 0 aliphatic heterocycles. The number of hydrogen-bond acceptors (Lipinski definition) is 2. The summed E-state index contributed by atoms with van der Waals surface area (Å²) in [6.07, 6.45) is 2.57. The molecule has 2 rings (SSSR count). The SMILES string of the molecule is CC(O)CCNC(Cc1ccccc1)Cc1ccccc1. The first-order valence-corrected chi connectivity index (χ1v) is 7.73. The molecule has 0 aromatic heterocycles. The van der Waals surface area contributed by atoms with Crippen LogP contribution < -0.4 is 5.32 Å². The lowest BCUT2D eigenvalue weighted by atomic mass is 9.99. The Bertz CT molecular complexity index is 454. The van der Waals surface area contributed by atoms with Gasteiger partial charge in [0.1, 0.15) is 0 Å². The van der Waals surface area contributed by atoms with Crippen molar-refractivity contribution >= 4 is 0 Å². The third-order valence-electron chi connectivity index (χ3n) is 3.64. The predicted molar refractivity (Wildman–Crippen MR) is 88.4 cm³/mol. The summed E-state index contributed by atoms with van der Waals surface area (Å²) in [5, 5.41) is 13.0. The molecule has 0 saturated heterocycles. The fraction of sp³-hybridized carbons (Fsp3) is 0.368. The van der Waals surface area contributed by atoms with Crippen LogP contribution in [0.3, 0.4) is 0 Å². The van der Waals surface area contributed by atoms with E-state index < -0.39 is 0 Å². The van der Waals surface area contributed by atoms with Gasteiger partial charge in [-0.2, -0.15) is 0 Å². The molecular weight excluding hydrogens is 258 g/mol. The number of aliphatic hydroxyl groups excluding tert-OH is 1. The molecule has 1 unspecified atom stereocenters. The lowest BCUT2D eigenvalue weighted by Gasteiger charge is -2.20. The average Bonchev–Trinajstić information content (AvgIpc) is 2.49. The Morgan fingerprint density at radius 1 is 0.857 bits per heavy atom. The Morgan fingerprint density at radius 2 is 1.33 bits per heavy atom. The summed E-state index contributed by atoms with van der Waals surface area (Å²) >= 11 is 0. The zero-order chi connectivity index (χ0) is 14.9. The van der Waals surface area contributed by atoms with Gasteiger partial charge in [0.25, 0.3) is 0 Å². The van der Waals surface area contributed by atoms with Crippen molar-refractivity contribution in [2.75, 3.05) is 6.54 Å². The molecule has 0 saturated carbocycles. The summed E-state index contributed by atoms with van der Waals surface area (Å²) in [6, 6.07) is 21.6. The molecule has 0 aliphatic carbocycles. The normalized spacial score (nSPS) is 12.5. The molecule has 0 bridgehead atoms. The van der Waals surface area contributed by atoms with Gasteiger partial charge in [0.15, 0.2) is 0 Å². The summed E-state index contributed by atoms with van der Waals surface area (Å²) in [5.74, 6) is 0. The van der Waals surface area contributed by atoms with E-state index in [1.165, 1.54) is 11.1 Å². The quantitative estimate of drug-likeness (QED) is 0.780. The fourth-order valence-corrected chi connectivity index (χ4v) is 2.51. The molecule has 2 aromatic rings. The van der Waals surface area contributed by atoms with Crippen molar-refractivity contribution in [1.29, 1.82) is 0 Å². The molecule has 1 atom stereocenters. The van der Waals surface area contributed by atoms with Crippen LogP contribution in [0.5, 0.6) is 0 Å². The van der Waals surface area contributed by atoms with Gasteiger partial charge in [-0.1, -0.05) is 60.7 Å². The molecule has 0 heterocycles. The largest absolute Gasteiger partial charge is 0.393 e. The van der Waals surface area contributed by atoms with Gasteiger partial charge in [-0.25, -0.2) is 0 Å². The highest BCUT2D eigenvalue weighted by Gasteiger charge is 2.10. The zero-order valence-corrected chi connectivity index (χ0v) is 12.7. The Morgan fingerprint density at radius 3 is 1.76 bits per heavy atom.